The van der Waals surface area contributed by atoms with Crippen LogP contribution in [0.5, 0.6) is 11.5 Å². The molecule has 0 aromatic heterocycles. The summed E-state index contributed by atoms with van der Waals surface area (Å²) in [6, 6.07) is 13.9. The quantitative estimate of drug-likeness (QED) is 0.708. The SMILES string of the molecule is CCc1ccc(C(CNC(=O)c2ccc(OC(C)C)c(OC)c2)N(C)C)cc1. The first-order valence-electron chi connectivity index (χ1n) is 9.73. The van der Waals surface area contributed by atoms with Crippen LogP contribution in [-0.4, -0.2) is 44.7 Å². The van der Waals surface area contributed by atoms with Crippen molar-refractivity contribution in [3.05, 3.63) is 59.2 Å². The van der Waals surface area contributed by atoms with Gasteiger partial charge >= 0.3 is 0 Å². The molecule has 0 saturated carbocycles. The number of ether oxygens (including phenoxy) is 2. The van der Waals surface area contributed by atoms with Crippen LogP contribution in [0.15, 0.2) is 42.5 Å². The van der Waals surface area contributed by atoms with Gasteiger partial charge in [-0.1, -0.05) is 31.2 Å². The maximum Gasteiger partial charge on any atom is 0.251 e. The molecule has 0 heterocycles. The molecule has 5 heteroatoms. The van der Waals surface area contributed by atoms with Crippen molar-refractivity contribution in [3.8, 4) is 11.5 Å². The van der Waals surface area contributed by atoms with Crippen LogP contribution in [0, 0.1) is 0 Å². The van der Waals surface area contributed by atoms with Gasteiger partial charge in [-0.25, -0.2) is 0 Å². The van der Waals surface area contributed by atoms with Gasteiger partial charge in [0.1, 0.15) is 0 Å². The third kappa shape index (κ3) is 5.73. The van der Waals surface area contributed by atoms with E-state index in [9.17, 15) is 4.79 Å². The van der Waals surface area contributed by atoms with E-state index in [1.54, 1.807) is 25.3 Å². The lowest BCUT2D eigenvalue weighted by molar-refractivity contribution is 0.0941. The molecule has 1 amide bonds. The zero-order valence-corrected chi connectivity index (χ0v) is 17.8. The van der Waals surface area contributed by atoms with Crippen LogP contribution in [0.3, 0.4) is 0 Å². The summed E-state index contributed by atoms with van der Waals surface area (Å²) in [4.78, 5) is 14.8. The van der Waals surface area contributed by atoms with E-state index in [-0.39, 0.29) is 18.1 Å². The van der Waals surface area contributed by atoms with Gasteiger partial charge in [0.2, 0.25) is 0 Å². The molecule has 0 radical (unpaired) electrons. The monoisotopic (exact) mass is 384 g/mol. The summed E-state index contributed by atoms with van der Waals surface area (Å²) in [6.45, 7) is 6.57. The van der Waals surface area contributed by atoms with Crippen LogP contribution in [0.1, 0.15) is 48.3 Å². The Morgan fingerprint density at radius 1 is 1.07 bits per heavy atom. The van der Waals surface area contributed by atoms with Crippen LogP contribution in [-0.2, 0) is 6.42 Å². The van der Waals surface area contributed by atoms with E-state index in [4.69, 9.17) is 9.47 Å². The minimum atomic E-state index is -0.133. The number of hydrogen-bond donors (Lipinski definition) is 1. The largest absolute Gasteiger partial charge is 0.493 e. The minimum Gasteiger partial charge on any atom is -0.493 e. The Kier molecular flexibility index (Phi) is 7.88. The number of carbonyl (C=O) groups is 1. The minimum absolute atomic E-state index is 0.0357. The van der Waals surface area contributed by atoms with Crippen molar-refractivity contribution in [2.45, 2.75) is 39.3 Å². The standard InChI is InChI=1S/C23H32N2O3/c1-7-17-8-10-18(11-9-17)20(25(4)5)15-24-23(26)19-12-13-21(28-16(2)3)22(14-19)27-6/h8-14,16,20H,7,15H2,1-6H3,(H,24,26). The fourth-order valence-corrected chi connectivity index (χ4v) is 3.03. The van der Waals surface area contributed by atoms with Crippen molar-refractivity contribution >= 4 is 5.91 Å². The lowest BCUT2D eigenvalue weighted by Gasteiger charge is -2.25. The van der Waals surface area contributed by atoms with Gasteiger partial charge in [0.05, 0.1) is 19.3 Å². The first-order chi connectivity index (χ1) is 13.3. The number of likely N-dealkylation sites (N-methyl/N-ethyl adjacent to an activating group) is 1. The number of benzene rings is 2. The van der Waals surface area contributed by atoms with E-state index >= 15 is 0 Å². The number of amides is 1. The molecule has 0 saturated heterocycles. The summed E-state index contributed by atoms with van der Waals surface area (Å²) >= 11 is 0. The molecule has 0 aliphatic carbocycles. The molecule has 0 aliphatic rings. The van der Waals surface area contributed by atoms with Gasteiger partial charge in [-0.05, 0) is 63.7 Å². The van der Waals surface area contributed by atoms with E-state index < -0.39 is 0 Å². The number of methoxy groups -OCH3 is 1. The van der Waals surface area contributed by atoms with Gasteiger partial charge in [-0.15, -0.1) is 0 Å². The molecule has 1 atom stereocenters. The van der Waals surface area contributed by atoms with Gasteiger partial charge in [-0.2, -0.15) is 0 Å². The third-order valence-electron chi connectivity index (χ3n) is 4.64. The number of carbonyl (C=O) groups excluding carboxylic acids is 1. The molecule has 0 aliphatic heterocycles. The Labute approximate surface area is 168 Å². The molecule has 2 rings (SSSR count). The summed E-state index contributed by atoms with van der Waals surface area (Å²) in [5.74, 6) is 1.06. The Bertz CT molecular complexity index is 770. The van der Waals surface area contributed by atoms with Crippen molar-refractivity contribution in [1.82, 2.24) is 10.2 Å². The maximum absolute atomic E-state index is 12.7. The highest BCUT2D eigenvalue weighted by Crippen LogP contribution is 2.29. The predicted molar refractivity (Wildman–Crippen MR) is 113 cm³/mol. The molecule has 2 aromatic rings. The molecule has 2 aromatic carbocycles. The topological polar surface area (TPSA) is 50.8 Å². The Morgan fingerprint density at radius 3 is 2.29 bits per heavy atom. The normalized spacial score (nSPS) is 12.1. The Balaban J connectivity index is 2.09. The van der Waals surface area contributed by atoms with Crippen molar-refractivity contribution in [1.29, 1.82) is 0 Å². The smallest absolute Gasteiger partial charge is 0.251 e. The zero-order valence-electron chi connectivity index (χ0n) is 17.8. The number of hydrogen-bond acceptors (Lipinski definition) is 4. The molecular formula is C23H32N2O3. The first kappa shape index (κ1) is 21.8. The molecule has 152 valence electrons. The van der Waals surface area contributed by atoms with Gasteiger partial charge in [-0.3, -0.25) is 4.79 Å². The Morgan fingerprint density at radius 2 is 1.75 bits per heavy atom. The summed E-state index contributed by atoms with van der Waals surface area (Å²) in [5.41, 5.74) is 3.04. The van der Waals surface area contributed by atoms with Crippen molar-refractivity contribution in [3.63, 3.8) is 0 Å². The predicted octanol–water partition coefficient (Wildman–Crippen LogP) is 4.08. The fraction of sp³-hybridized carbons (Fsp3) is 0.435. The number of nitrogens with one attached hydrogen (secondary N) is 1. The van der Waals surface area contributed by atoms with Crippen LogP contribution in [0.2, 0.25) is 0 Å². The summed E-state index contributed by atoms with van der Waals surface area (Å²) < 4.78 is 11.1. The van der Waals surface area contributed by atoms with Crippen LogP contribution in [0.25, 0.3) is 0 Å². The van der Waals surface area contributed by atoms with E-state index in [0.717, 1.165) is 6.42 Å². The molecule has 28 heavy (non-hydrogen) atoms. The second kappa shape index (κ2) is 10.1. The molecule has 0 fully saturated rings. The third-order valence-corrected chi connectivity index (χ3v) is 4.64. The van der Waals surface area contributed by atoms with Crippen LogP contribution >= 0.6 is 0 Å². The highest BCUT2D eigenvalue weighted by molar-refractivity contribution is 5.94. The number of aryl methyl sites for hydroxylation is 1. The van der Waals surface area contributed by atoms with E-state index in [1.165, 1.54) is 11.1 Å². The van der Waals surface area contributed by atoms with Gasteiger partial charge < -0.3 is 19.7 Å². The lowest BCUT2D eigenvalue weighted by atomic mass is 10.0. The molecule has 0 bridgehead atoms. The second-order valence-corrected chi connectivity index (χ2v) is 7.32. The summed E-state index contributed by atoms with van der Waals surface area (Å²) in [6.07, 6.45) is 1.05. The molecule has 5 nitrogen and oxygen atoms in total. The lowest BCUT2D eigenvalue weighted by Crippen LogP contribution is -2.34. The van der Waals surface area contributed by atoms with Crippen molar-refractivity contribution < 1.29 is 14.3 Å². The van der Waals surface area contributed by atoms with Crippen LogP contribution < -0.4 is 14.8 Å². The molecular weight excluding hydrogens is 352 g/mol. The fourth-order valence-electron chi connectivity index (χ4n) is 3.03. The summed E-state index contributed by atoms with van der Waals surface area (Å²) in [5, 5.41) is 3.04. The highest BCUT2D eigenvalue weighted by atomic mass is 16.5. The Hall–Kier alpha value is -2.53. The van der Waals surface area contributed by atoms with Gasteiger partial charge in [0.15, 0.2) is 11.5 Å². The average Bonchev–Trinajstić information content (AvgIpc) is 2.68. The second-order valence-electron chi connectivity index (χ2n) is 7.32. The van der Waals surface area contributed by atoms with E-state index in [0.29, 0.717) is 23.6 Å². The van der Waals surface area contributed by atoms with Gasteiger partial charge in [0, 0.05) is 12.1 Å². The van der Waals surface area contributed by atoms with Gasteiger partial charge in [0.25, 0.3) is 5.91 Å². The molecule has 0 spiro atoms. The van der Waals surface area contributed by atoms with Crippen molar-refractivity contribution in [2.75, 3.05) is 27.7 Å². The number of rotatable bonds is 9. The highest BCUT2D eigenvalue weighted by Gasteiger charge is 2.17. The van der Waals surface area contributed by atoms with Crippen molar-refractivity contribution in [2.24, 2.45) is 0 Å². The molecule has 1 unspecified atom stereocenters. The molecule has 1 N–H and O–H groups in total. The average molecular weight is 385 g/mol. The van der Waals surface area contributed by atoms with E-state index in [1.807, 2.05) is 27.9 Å². The van der Waals surface area contributed by atoms with Crippen LogP contribution in [0.4, 0.5) is 0 Å². The number of nitrogens with zero attached hydrogens (tertiary/aromatic N) is 1. The summed E-state index contributed by atoms with van der Waals surface area (Å²) in [7, 11) is 5.61. The first-order valence-corrected chi connectivity index (χ1v) is 9.73. The maximum atomic E-state index is 12.7. The zero-order chi connectivity index (χ0) is 20.7. The van der Waals surface area contributed by atoms with E-state index in [2.05, 4.69) is 41.4 Å².